The number of ketones is 1. The van der Waals surface area contributed by atoms with Crippen LogP contribution in [-0.4, -0.2) is 17.0 Å². The largest absolute Gasteiger partial charge is 0.393 e. The highest BCUT2D eigenvalue weighted by Gasteiger charge is 2.45. The molecule has 1 N–H and O–H groups in total. The molecule has 0 saturated heterocycles. The van der Waals surface area contributed by atoms with Gasteiger partial charge in [-0.05, 0) is 38.0 Å². The van der Waals surface area contributed by atoms with Crippen molar-refractivity contribution < 1.29 is 9.90 Å². The van der Waals surface area contributed by atoms with E-state index in [4.69, 9.17) is 0 Å². The van der Waals surface area contributed by atoms with E-state index in [-0.39, 0.29) is 17.9 Å². The van der Waals surface area contributed by atoms with E-state index in [9.17, 15) is 9.90 Å². The Morgan fingerprint density at radius 3 is 2.88 bits per heavy atom. The molecule has 0 radical (unpaired) electrons. The van der Waals surface area contributed by atoms with E-state index in [1.54, 1.807) is 5.57 Å². The Morgan fingerprint density at radius 2 is 2.00 bits per heavy atom. The van der Waals surface area contributed by atoms with Gasteiger partial charge in [-0.15, -0.1) is 0 Å². The molecular formula is C14H20O2. The predicted molar refractivity (Wildman–Crippen MR) is 61.9 cm³/mol. The van der Waals surface area contributed by atoms with Crippen LogP contribution in [0.1, 0.15) is 44.9 Å². The van der Waals surface area contributed by atoms with Gasteiger partial charge in [-0.2, -0.15) is 0 Å². The van der Waals surface area contributed by atoms with Gasteiger partial charge in [0.15, 0.2) is 0 Å². The van der Waals surface area contributed by atoms with Crippen molar-refractivity contribution in [1.29, 1.82) is 0 Å². The monoisotopic (exact) mass is 220 g/mol. The van der Waals surface area contributed by atoms with E-state index in [0.717, 1.165) is 6.42 Å². The first-order chi connectivity index (χ1) is 7.77. The zero-order valence-electron chi connectivity index (χ0n) is 9.69. The average Bonchev–Trinajstić information content (AvgIpc) is 2.33. The van der Waals surface area contributed by atoms with Gasteiger partial charge in [0.25, 0.3) is 0 Å². The van der Waals surface area contributed by atoms with Crippen molar-refractivity contribution in [3.8, 4) is 0 Å². The van der Waals surface area contributed by atoms with Crippen molar-refractivity contribution in [2.24, 2.45) is 17.8 Å². The summed E-state index contributed by atoms with van der Waals surface area (Å²) < 4.78 is 0. The Bertz CT molecular complexity index is 332. The van der Waals surface area contributed by atoms with Gasteiger partial charge in [-0.3, -0.25) is 4.79 Å². The molecule has 4 atom stereocenters. The third-order valence-corrected chi connectivity index (χ3v) is 4.81. The minimum Gasteiger partial charge on any atom is -0.393 e. The molecular weight excluding hydrogens is 200 g/mol. The molecule has 0 heterocycles. The lowest BCUT2D eigenvalue weighted by molar-refractivity contribution is -0.133. The highest BCUT2D eigenvalue weighted by atomic mass is 16.3. The maximum atomic E-state index is 11.9. The molecule has 4 unspecified atom stereocenters. The highest BCUT2D eigenvalue weighted by Crippen LogP contribution is 2.47. The van der Waals surface area contributed by atoms with Crippen LogP contribution in [-0.2, 0) is 4.79 Å². The summed E-state index contributed by atoms with van der Waals surface area (Å²) in [7, 11) is 0. The summed E-state index contributed by atoms with van der Waals surface area (Å²) in [5.41, 5.74) is 1.54. The van der Waals surface area contributed by atoms with Gasteiger partial charge in [-0.25, -0.2) is 0 Å². The summed E-state index contributed by atoms with van der Waals surface area (Å²) in [5, 5.41) is 10.2. The van der Waals surface area contributed by atoms with Gasteiger partial charge >= 0.3 is 0 Å². The van der Waals surface area contributed by atoms with Crippen LogP contribution in [0.2, 0.25) is 0 Å². The van der Waals surface area contributed by atoms with Crippen molar-refractivity contribution in [3.05, 3.63) is 11.6 Å². The maximum Gasteiger partial charge on any atom is 0.136 e. The molecule has 0 amide bonds. The summed E-state index contributed by atoms with van der Waals surface area (Å²) in [6, 6.07) is 0. The summed E-state index contributed by atoms with van der Waals surface area (Å²) in [6.07, 6.45) is 9.23. The normalized spacial score (nSPS) is 43.3. The lowest BCUT2D eigenvalue weighted by atomic mass is 9.60. The lowest BCUT2D eigenvalue weighted by Gasteiger charge is -2.45. The fourth-order valence-corrected chi connectivity index (χ4v) is 4.02. The van der Waals surface area contributed by atoms with E-state index in [1.165, 1.54) is 25.7 Å². The highest BCUT2D eigenvalue weighted by molar-refractivity contribution is 5.82. The van der Waals surface area contributed by atoms with Gasteiger partial charge in [0.05, 0.1) is 6.10 Å². The van der Waals surface area contributed by atoms with Gasteiger partial charge in [-0.1, -0.05) is 18.1 Å². The summed E-state index contributed by atoms with van der Waals surface area (Å²) in [5.74, 6) is 1.31. The number of hydrogen-bond donors (Lipinski definition) is 1. The molecule has 0 bridgehead atoms. The first-order valence-corrected chi connectivity index (χ1v) is 6.67. The summed E-state index contributed by atoms with van der Waals surface area (Å²) in [4.78, 5) is 11.9. The van der Waals surface area contributed by atoms with E-state index >= 15 is 0 Å². The minimum absolute atomic E-state index is 0.135. The molecule has 3 aliphatic rings. The van der Waals surface area contributed by atoms with Crippen LogP contribution < -0.4 is 0 Å². The van der Waals surface area contributed by atoms with Crippen molar-refractivity contribution in [2.45, 2.75) is 51.0 Å². The van der Waals surface area contributed by atoms with Gasteiger partial charge in [0.1, 0.15) is 5.78 Å². The second kappa shape index (κ2) is 3.99. The molecule has 0 spiro atoms. The molecule has 88 valence electrons. The fraction of sp³-hybridized carbons (Fsp3) is 0.786. The van der Waals surface area contributed by atoms with E-state index in [1.807, 2.05) is 0 Å². The zero-order valence-corrected chi connectivity index (χ0v) is 9.69. The van der Waals surface area contributed by atoms with Crippen LogP contribution in [0.3, 0.4) is 0 Å². The summed E-state index contributed by atoms with van der Waals surface area (Å²) in [6.45, 7) is 0. The second-order valence-corrected chi connectivity index (χ2v) is 5.62. The SMILES string of the molecule is O=C1CCC(O)C2C1CC=C1CCCCC12. The van der Waals surface area contributed by atoms with Crippen LogP contribution in [0.15, 0.2) is 11.6 Å². The third kappa shape index (κ3) is 1.55. The number of aliphatic hydroxyl groups excluding tert-OH is 1. The molecule has 0 aliphatic heterocycles. The number of rotatable bonds is 0. The fourth-order valence-electron chi connectivity index (χ4n) is 4.02. The van der Waals surface area contributed by atoms with Crippen molar-refractivity contribution in [2.75, 3.05) is 0 Å². The minimum atomic E-state index is -0.227. The Balaban J connectivity index is 1.91. The molecule has 2 fully saturated rings. The Kier molecular flexibility index (Phi) is 2.62. The number of carbonyl (C=O) groups is 1. The van der Waals surface area contributed by atoms with Crippen LogP contribution >= 0.6 is 0 Å². The number of fused-ring (bicyclic) bond motifs is 3. The number of aliphatic hydroxyl groups is 1. The van der Waals surface area contributed by atoms with Gasteiger partial charge in [0, 0.05) is 18.3 Å². The molecule has 0 aromatic rings. The van der Waals surface area contributed by atoms with E-state index in [2.05, 4.69) is 6.08 Å². The van der Waals surface area contributed by atoms with Crippen LogP contribution in [0.5, 0.6) is 0 Å². The molecule has 0 aromatic carbocycles. The lowest BCUT2D eigenvalue weighted by Crippen LogP contribution is -2.45. The van der Waals surface area contributed by atoms with Gasteiger partial charge in [0.2, 0.25) is 0 Å². The van der Waals surface area contributed by atoms with Crippen molar-refractivity contribution >= 4 is 5.78 Å². The molecule has 2 saturated carbocycles. The molecule has 3 aliphatic carbocycles. The number of hydrogen-bond acceptors (Lipinski definition) is 2. The number of Topliss-reactive ketones (excluding diaryl/α,β-unsaturated/α-hetero) is 1. The van der Waals surface area contributed by atoms with E-state index < -0.39 is 0 Å². The van der Waals surface area contributed by atoms with Crippen LogP contribution in [0, 0.1) is 17.8 Å². The van der Waals surface area contributed by atoms with Crippen LogP contribution in [0.4, 0.5) is 0 Å². The van der Waals surface area contributed by atoms with E-state index in [0.29, 0.717) is 24.5 Å². The molecule has 2 nitrogen and oxygen atoms in total. The van der Waals surface area contributed by atoms with Crippen molar-refractivity contribution in [3.63, 3.8) is 0 Å². The first-order valence-electron chi connectivity index (χ1n) is 6.67. The zero-order chi connectivity index (χ0) is 11.1. The topological polar surface area (TPSA) is 37.3 Å². The first kappa shape index (κ1) is 10.5. The average molecular weight is 220 g/mol. The Morgan fingerprint density at radius 1 is 1.12 bits per heavy atom. The molecule has 3 rings (SSSR count). The standard InChI is InChI=1S/C14H20O2/c15-12-7-8-13(16)14-10-4-2-1-3-9(10)5-6-11(12)14/h5,10-11,13-14,16H,1-4,6-8H2. The van der Waals surface area contributed by atoms with Crippen molar-refractivity contribution in [1.82, 2.24) is 0 Å². The number of carbonyl (C=O) groups excluding carboxylic acids is 1. The Labute approximate surface area is 96.7 Å². The molecule has 16 heavy (non-hydrogen) atoms. The molecule has 2 heteroatoms. The Hall–Kier alpha value is -0.630. The second-order valence-electron chi connectivity index (χ2n) is 5.62. The third-order valence-electron chi connectivity index (χ3n) is 4.81. The van der Waals surface area contributed by atoms with Crippen LogP contribution in [0.25, 0.3) is 0 Å². The molecule has 0 aromatic heterocycles. The maximum absolute atomic E-state index is 11.9. The number of allylic oxidation sites excluding steroid dienone is 2. The predicted octanol–water partition coefficient (Wildman–Crippen LogP) is 2.46. The summed E-state index contributed by atoms with van der Waals surface area (Å²) >= 11 is 0. The van der Waals surface area contributed by atoms with Gasteiger partial charge < -0.3 is 5.11 Å². The quantitative estimate of drug-likeness (QED) is 0.637. The smallest absolute Gasteiger partial charge is 0.136 e.